The van der Waals surface area contributed by atoms with Crippen molar-refractivity contribution >= 4 is 44.3 Å². The van der Waals surface area contributed by atoms with Crippen LogP contribution < -0.4 is 10.4 Å². The van der Waals surface area contributed by atoms with Crippen LogP contribution in [-0.4, -0.2) is 0 Å². The molecule has 0 N–H and O–H groups in total. The largest absolute Gasteiger partial charge is 0.0763 e. The standard InChI is InChI=1S/C49H34/c1-2-16-33-31(14-1)15-13-24-38(33)48-41-22-5-3-20-39(41)47(40-21-4-6-23-42(40)48)32-28-29-37-36-19-9-12-27-45(36)49(46(37)30-32)43-25-10-7-17-34(43)35-18-8-11-26-44(35)49/h1-12,14-23,25-27,30H,13,24,28-29H2. The van der Waals surface area contributed by atoms with Gasteiger partial charge >= 0.3 is 0 Å². The van der Waals surface area contributed by atoms with Crippen LogP contribution in [0.15, 0.2) is 157 Å². The zero-order valence-corrected chi connectivity index (χ0v) is 27.3. The van der Waals surface area contributed by atoms with E-state index in [4.69, 9.17) is 0 Å². The van der Waals surface area contributed by atoms with E-state index in [0.29, 0.717) is 0 Å². The predicted molar refractivity (Wildman–Crippen MR) is 206 cm³/mol. The second-order valence-electron chi connectivity index (χ2n) is 14.1. The van der Waals surface area contributed by atoms with Gasteiger partial charge in [-0.15, -0.1) is 0 Å². The summed E-state index contributed by atoms with van der Waals surface area (Å²) in [5.41, 5.74) is 16.8. The van der Waals surface area contributed by atoms with Crippen LogP contribution in [0.5, 0.6) is 0 Å². The van der Waals surface area contributed by atoms with E-state index < -0.39 is 0 Å². The van der Waals surface area contributed by atoms with Gasteiger partial charge in [-0.2, -0.15) is 0 Å². The highest BCUT2D eigenvalue weighted by Crippen LogP contribution is 2.64. The third-order valence-electron chi connectivity index (χ3n) is 11.9. The molecule has 49 heavy (non-hydrogen) atoms. The first-order chi connectivity index (χ1) is 24.3. The van der Waals surface area contributed by atoms with Crippen molar-refractivity contribution in [1.29, 1.82) is 0 Å². The summed E-state index contributed by atoms with van der Waals surface area (Å²) in [4.78, 5) is 0. The second-order valence-corrected chi connectivity index (χ2v) is 14.1. The molecule has 4 aliphatic carbocycles. The number of fused-ring (bicyclic) bond motifs is 12. The van der Waals surface area contributed by atoms with Crippen LogP contribution in [0.25, 0.3) is 55.5 Å². The first-order valence-corrected chi connectivity index (χ1v) is 17.8. The molecule has 0 heteroatoms. The maximum Gasteiger partial charge on any atom is 0.0722 e. The van der Waals surface area contributed by atoms with E-state index in [-0.39, 0.29) is 5.41 Å². The zero-order valence-electron chi connectivity index (χ0n) is 27.3. The predicted octanol–water partition coefficient (Wildman–Crippen LogP) is 10.7. The Hall–Kier alpha value is -5.72. The summed E-state index contributed by atoms with van der Waals surface area (Å²) in [5.74, 6) is 0. The van der Waals surface area contributed by atoms with Gasteiger partial charge in [0.15, 0.2) is 0 Å². The third-order valence-corrected chi connectivity index (χ3v) is 11.9. The van der Waals surface area contributed by atoms with E-state index in [1.165, 1.54) is 98.8 Å². The molecule has 0 aromatic heterocycles. The first-order valence-electron chi connectivity index (χ1n) is 17.8. The Labute approximate surface area is 286 Å². The Bertz CT molecular complexity index is 2660. The quantitative estimate of drug-likeness (QED) is 0.168. The Morgan fingerprint density at radius 3 is 1.57 bits per heavy atom. The van der Waals surface area contributed by atoms with Crippen LogP contribution in [0, 0.1) is 0 Å². The molecule has 0 saturated heterocycles. The molecule has 0 heterocycles. The molecule has 0 fully saturated rings. The summed E-state index contributed by atoms with van der Waals surface area (Å²) >= 11 is 0. The lowest BCUT2D eigenvalue weighted by Gasteiger charge is -2.33. The average molecular weight is 623 g/mol. The maximum atomic E-state index is 2.63. The maximum absolute atomic E-state index is 2.63. The summed E-state index contributed by atoms with van der Waals surface area (Å²) < 4.78 is 0. The lowest BCUT2D eigenvalue weighted by molar-refractivity contribution is 0.782. The van der Waals surface area contributed by atoms with Crippen molar-refractivity contribution in [2.75, 3.05) is 0 Å². The molecule has 7 aromatic rings. The van der Waals surface area contributed by atoms with E-state index in [9.17, 15) is 0 Å². The van der Waals surface area contributed by atoms with Gasteiger partial charge in [-0.3, -0.25) is 0 Å². The van der Waals surface area contributed by atoms with Crippen LogP contribution in [0.3, 0.4) is 0 Å². The number of hydrogen-bond acceptors (Lipinski definition) is 0. The first kappa shape index (κ1) is 27.3. The molecule has 0 bridgehead atoms. The molecule has 0 saturated carbocycles. The molecule has 0 nitrogen and oxygen atoms in total. The molecule has 0 atom stereocenters. The van der Waals surface area contributed by atoms with Crippen molar-refractivity contribution in [3.63, 3.8) is 0 Å². The average Bonchev–Trinajstić information content (AvgIpc) is 3.64. The van der Waals surface area contributed by atoms with E-state index >= 15 is 0 Å². The van der Waals surface area contributed by atoms with Gasteiger partial charge in [0.25, 0.3) is 0 Å². The molecule has 0 amide bonds. The van der Waals surface area contributed by atoms with E-state index in [2.05, 4.69) is 158 Å². The van der Waals surface area contributed by atoms with Crippen molar-refractivity contribution in [2.45, 2.75) is 31.1 Å². The fraction of sp³-hybridized carbons (Fsp3) is 0.102. The highest BCUT2D eigenvalue weighted by molar-refractivity contribution is 6.16. The van der Waals surface area contributed by atoms with Crippen LogP contribution in [-0.2, 0) is 5.41 Å². The van der Waals surface area contributed by atoms with Gasteiger partial charge in [0.2, 0.25) is 0 Å². The summed E-state index contributed by atoms with van der Waals surface area (Å²) in [6.07, 6.45) is 9.23. The summed E-state index contributed by atoms with van der Waals surface area (Å²) in [6, 6.07) is 55.0. The third kappa shape index (κ3) is 3.54. The fourth-order valence-corrected chi connectivity index (χ4v) is 10.1. The normalized spacial score (nSPS) is 16.6. The topological polar surface area (TPSA) is 0 Å². The number of benzene rings is 7. The fourth-order valence-electron chi connectivity index (χ4n) is 10.1. The van der Waals surface area contributed by atoms with Crippen LogP contribution in [0.4, 0.5) is 0 Å². The lowest BCUT2D eigenvalue weighted by atomic mass is 9.68. The van der Waals surface area contributed by atoms with Crippen molar-refractivity contribution in [3.8, 4) is 11.1 Å². The second kappa shape index (κ2) is 10.1. The summed E-state index contributed by atoms with van der Waals surface area (Å²) in [6.45, 7) is 0. The van der Waals surface area contributed by atoms with Gasteiger partial charge in [-0.25, -0.2) is 0 Å². The molecule has 11 rings (SSSR count). The molecule has 0 aliphatic heterocycles. The van der Waals surface area contributed by atoms with Crippen molar-refractivity contribution < 1.29 is 0 Å². The Morgan fingerprint density at radius 1 is 0.408 bits per heavy atom. The van der Waals surface area contributed by atoms with E-state index in [1.807, 2.05) is 0 Å². The lowest BCUT2D eigenvalue weighted by Crippen LogP contribution is -2.29. The van der Waals surface area contributed by atoms with Gasteiger partial charge in [0.1, 0.15) is 0 Å². The van der Waals surface area contributed by atoms with Crippen LogP contribution >= 0.6 is 0 Å². The van der Waals surface area contributed by atoms with Gasteiger partial charge in [0.05, 0.1) is 5.41 Å². The molecule has 7 aromatic carbocycles. The monoisotopic (exact) mass is 622 g/mol. The smallest absolute Gasteiger partial charge is 0.0722 e. The van der Waals surface area contributed by atoms with Crippen molar-refractivity contribution in [3.05, 3.63) is 201 Å². The van der Waals surface area contributed by atoms with Crippen molar-refractivity contribution in [2.24, 2.45) is 0 Å². The molecular formula is C49H34. The minimum Gasteiger partial charge on any atom is -0.0763 e. The molecule has 0 radical (unpaired) electrons. The van der Waals surface area contributed by atoms with Gasteiger partial charge in [0, 0.05) is 0 Å². The van der Waals surface area contributed by atoms with Gasteiger partial charge in [-0.05, 0) is 124 Å². The Morgan fingerprint density at radius 2 is 0.918 bits per heavy atom. The van der Waals surface area contributed by atoms with Crippen LogP contribution in [0.2, 0.25) is 0 Å². The number of rotatable bonds is 2. The SMILES string of the molecule is C1=C(c2c3ccccc3c(C3=c4ccccc4=CCC3)c3ccccc23)CCC2=C1C1(c3ccccc32)c2ccccc2-c2ccccc21. The van der Waals surface area contributed by atoms with E-state index in [1.54, 1.807) is 0 Å². The van der Waals surface area contributed by atoms with E-state index in [0.717, 1.165) is 25.7 Å². The van der Waals surface area contributed by atoms with Gasteiger partial charge in [-0.1, -0.05) is 158 Å². The Kier molecular flexibility index (Phi) is 5.64. The van der Waals surface area contributed by atoms with Gasteiger partial charge < -0.3 is 0 Å². The Balaban J connectivity index is 1.23. The minimum atomic E-state index is -0.311. The molecule has 4 aliphatic rings. The molecule has 230 valence electrons. The molecular weight excluding hydrogens is 589 g/mol. The minimum absolute atomic E-state index is 0.311. The zero-order chi connectivity index (χ0) is 32.1. The highest BCUT2D eigenvalue weighted by Gasteiger charge is 2.52. The highest BCUT2D eigenvalue weighted by atomic mass is 14.5. The molecule has 0 unspecified atom stereocenters. The molecule has 1 spiro atoms. The van der Waals surface area contributed by atoms with Crippen LogP contribution in [0.1, 0.15) is 59.1 Å². The number of allylic oxidation sites excluding steroid dienone is 4. The summed E-state index contributed by atoms with van der Waals surface area (Å²) in [5, 5.41) is 8.20. The summed E-state index contributed by atoms with van der Waals surface area (Å²) in [7, 11) is 0. The van der Waals surface area contributed by atoms with Crippen molar-refractivity contribution in [1.82, 2.24) is 0 Å². The number of hydrogen-bond donors (Lipinski definition) is 0.